The van der Waals surface area contributed by atoms with Crippen LogP contribution in [-0.2, 0) is 9.53 Å². The number of unbranched alkanes of at least 4 members (excludes halogenated alkanes) is 9. The van der Waals surface area contributed by atoms with Crippen molar-refractivity contribution in [1.82, 2.24) is 0 Å². The molecule has 4 heteroatoms. The highest BCUT2D eigenvalue weighted by molar-refractivity contribution is 5.67. The van der Waals surface area contributed by atoms with Crippen molar-refractivity contribution < 1.29 is 19.1 Å². The van der Waals surface area contributed by atoms with Crippen LogP contribution in [0.1, 0.15) is 71.1 Å². The molecule has 0 aromatic carbocycles. The van der Waals surface area contributed by atoms with Gasteiger partial charge in [0.2, 0.25) is 0 Å². The molecular weight excluding hydrogens is 266 g/mol. The van der Waals surface area contributed by atoms with Gasteiger partial charge in [-0.3, -0.25) is 4.48 Å². The van der Waals surface area contributed by atoms with Crippen LogP contribution in [-0.4, -0.2) is 49.5 Å². The van der Waals surface area contributed by atoms with Gasteiger partial charge in [-0.1, -0.05) is 64.7 Å². The van der Waals surface area contributed by atoms with Crippen LogP contribution >= 0.6 is 0 Å². The standard InChI is InChI=1S/C17H35NO3/c1-4-5-6-7-8-9-10-11-12-13-14-21-16-18(2,3)15-17(19)20/h4-16H2,1-3H3/p+1. The summed E-state index contributed by atoms with van der Waals surface area (Å²) in [7, 11) is 3.76. The smallest absolute Gasteiger partial charge is 0.359 e. The Balaban J connectivity index is 3.24. The lowest BCUT2D eigenvalue weighted by Gasteiger charge is -2.27. The Morgan fingerprint density at radius 3 is 1.86 bits per heavy atom. The summed E-state index contributed by atoms with van der Waals surface area (Å²) in [5.74, 6) is -0.775. The first-order valence-electron chi connectivity index (χ1n) is 8.59. The number of rotatable bonds is 15. The summed E-state index contributed by atoms with van der Waals surface area (Å²) in [6.07, 6.45) is 13.2. The molecule has 0 aromatic heterocycles. The molecule has 0 unspecified atom stereocenters. The van der Waals surface area contributed by atoms with Gasteiger partial charge < -0.3 is 9.84 Å². The third-order valence-corrected chi connectivity index (χ3v) is 3.65. The zero-order chi connectivity index (χ0) is 16.0. The van der Waals surface area contributed by atoms with Gasteiger partial charge in [-0.2, -0.15) is 0 Å². The van der Waals surface area contributed by atoms with E-state index in [4.69, 9.17) is 9.84 Å². The fourth-order valence-electron chi connectivity index (χ4n) is 2.42. The zero-order valence-corrected chi connectivity index (χ0v) is 14.4. The molecule has 1 N–H and O–H groups in total. The Morgan fingerprint density at radius 2 is 1.38 bits per heavy atom. The largest absolute Gasteiger partial charge is 0.477 e. The molecule has 21 heavy (non-hydrogen) atoms. The first-order chi connectivity index (χ1) is 9.98. The third kappa shape index (κ3) is 15.6. The van der Waals surface area contributed by atoms with Crippen LogP contribution in [0.25, 0.3) is 0 Å². The second-order valence-electron chi connectivity index (χ2n) is 6.71. The lowest BCUT2D eigenvalue weighted by Crippen LogP contribution is -2.45. The van der Waals surface area contributed by atoms with Crippen molar-refractivity contribution in [2.45, 2.75) is 71.1 Å². The van der Waals surface area contributed by atoms with E-state index in [1.54, 1.807) is 0 Å². The van der Waals surface area contributed by atoms with Gasteiger partial charge in [0.25, 0.3) is 0 Å². The first-order valence-corrected chi connectivity index (χ1v) is 8.59. The summed E-state index contributed by atoms with van der Waals surface area (Å²) >= 11 is 0. The second kappa shape index (κ2) is 13.1. The van der Waals surface area contributed by atoms with Gasteiger partial charge in [0, 0.05) is 0 Å². The van der Waals surface area contributed by atoms with E-state index in [1.807, 2.05) is 14.1 Å². The van der Waals surface area contributed by atoms with Gasteiger partial charge in [-0.05, 0) is 6.42 Å². The zero-order valence-electron chi connectivity index (χ0n) is 14.4. The molecule has 126 valence electrons. The summed E-state index contributed by atoms with van der Waals surface area (Å²) < 4.78 is 5.96. The van der Waals surface area contributed by atoms with Gasteiger partial charge in [-0.15, -0.1) is 0 Å². The van der Waals surface area contributed by atoms with Crippen molar-refractivity contribution in [1.29, 1.82) is 0 Å². The number of nitrogens with zero attached hydrogens (tertiary/aromatic N) is 1. The first kappa shape index (κ1) is 20.4. The van der Waals surface area contributed by atoms with Crippen molar-refractivity contribution in [2.24, 2.45) is 0 Å². The number of quaternary nitrogens is 1. The maximum Gasteiger partial charge on any atom is 0.359 e. The minimum absolute atomic E-state index is 0.109. The number of carboxylic acids is 1. The average molecular weight is 302 g/mol. The van der Waals surface area contributed by atoms with E-state index in [0.29, 0.717) is 11.2 Å². The Morgan fingerprint density at radius 1 is 0.905 bits per heavy atom. The van der Waals surface area contributed by atoms with E-state index in [2.05, 4.69) is 6.92 Å². The maximum absolute atomic E-state index is 10.7. The van der Waals surface area contributed by atoms with E-state index >= 15 is 0 Å². The van der Waals surface area contributed by atoms with E-state index in [1.165, 1.54) is 57.8 Å². The summed E-state index contributed by atoms with van der Waals surface area (Å²) in [4.78, 5) is 10.7. The van der Waals surface area contributed by atoms with Gasteiger partial charge >= 0.3 is 5.97 Å². The summed E-state index contributed by atoms with van der Waals surface area (Å²) in [6, 6.07) is 0. The van der Waals surface area contributed by atoms with Gasteiger partial charge in [0.05, 0.1) is 20.7 Å². The quantitative estimate of drug-likeness (QED) is 0.282. The highest BCUT2D eigenvalue weighted by Gasteiger charge is 2.19. The fourth-order valence-corrected chi connectivity index (χ4v) is 2.42. The Kier molecular flexibility index (Phi) is 12.7. The lowest BCUT2D eigenvalue weighted by atomic mass is 10.1. The topological polar surface area (TPSA) is 46.5 Å². The van der Waals surface area contributed by atoms with Crippen LogP contribution in [0.2, 0.25) is 0 Å². The highest BCUT2D eigenvalue weighted by atomic mass is 16.5. The number of aliphatic carboxylic acids is 1. The molecule has 0 bridgehead atoms. The minimum atomic E-state index is -0.775. The molecule has 0 heterocycles. The molecule has 0 spiro atoms. The molecule has 0 saturated heterocycles. The van der Waals surface area contributed by atoms with E-state index in [9.17, 15) is 4.79 Å². The normalized spacial score (nSPS) is 11.8. The molecule has 0 atom stereocenters. The molecule has 0 aliphatic heterocycles. The van der Waals surface area contributed by atoms with Crippen molar-refractivity contribution >= 4 is 5.97 Å². The Hall–Kier alpha value is -0.610. The molecule has 0 saturated carbocycles. The summed E-state index contributed by atoms with van der Waals surface area (Å²) in [5.41, 5.74) is 0. The van der Waals surface area contributed by atoms with Gasteiger partial charge in [-0.25, -0.2) is 4.79 Å². The Bertz CT molecular complexity index is 254. The number of likely N-dealkylation sites (N-methyl/N-ethyl adjacent to an activating group) is 1. The number of hydrogen-bond acceptors (Lipinski definition) is 2. The van der Waals surface area contributed by atoms with Crippen molar-refractivity contribution in [3.05, 3.63) is 0 Å². The highest BCUT2D eigenvalue weighted by Crippen LogP contribution is 2.10. The third-order valence-electron chi connectivity index (χ3n) is 3.65. The Labute approximate surface area is 131 Å². The minimum Gasteiger partial charge on any atom is -0.477 e. The van der Waals surface area contributed by atoms with E-state index < -0.39 is 5.97 Å². The SMILES string of the molecule is CCCCCCCCCCCCOC[N+](C)(C)CC(=O)O. The number of carboxylic acid groups (broad SMARTS) is 1. The van der Waals surface area contributed by atoms with Crippen LogP contribution in [0.4, 0.5) is 0 Å². The van der Waals surface area contributed by atoms with Gasteiger partial charge in [0.1, 0.15) is 0 Å². The lowest BCUT2D eigenvalue weighted by molar-refractivity contribution is -0.902. The molecule has 0 aliphatic carbocycles. The van der Waals surface area contributed by atoms with Crippen molar-refractivity contribution in [2.75, 3.05) is 34.0 Å². The van der Waals surface area contributed by atoms with Crippen molar-refractivity contribution in [3.63, 3.8) is 0 Å². The molecule has 0 radical (unpaired) electrons. The van der Waals surface area contributed by atoms with Crippen molar-refractivity contribution in [3.8, 4) is 0 Å². The molecule has 0 aromatic rings. The number of carbonyl (C=O) groups is 1. The van der Waals surface area contributed by atoms with Crippen LogP contribution in [0.3, 0.4) is 0 Å². The summed E-state index contributed by atoms with van der Waals surface area (Å²) in [6.45, 7) is 3.59. The molecule has 4 nitrogen and oxygen atoms in total. The van der Waals surface area contributed by atoms with E-state index in [0.717, 1.165) is 13.0 Å². The predicted molar refractivity (Wildman–Crippen MR) is 87.3 cm³/mol. The summed E-state index contributed by atoms with van der Waals surface area (Å²) in [5, 5.41) is 8.77. The second-order valence-corrected chi connectivity index (χ2v) is 6.71. The number of hydrogen-bond donors (Lipinski definition) is 1. The predicted octanol–water partition coefficient (Wildman–Crippen LogP) is 4.04. The molecule has 0 fully saturated rings. The average Bonchev–Trinajstić information content (AvgIpc) is 2.38. The molecule has 0 rings (SSSR count). The monoisotopic (exact) mass is 302 g/mol. The van der Waals surface area contributed by atoms with Gasteiger partial charge in [0.15, 0.2) is 13.3 Å². The number of ether oxygens (including phenoxy) is 1. The molecule has 0 aliphatic rings. The molecule has 0 amide bonds. The van der Waals surface area contributed by atoms with Crippen LogP contribution in [0.15, 0.2) is 0 Å². The fraction of sp³-hybridized carbons (Fsp3) is 0.941. The van der Waals surface area contributed by atoms with E-state index in [-0.39, 0.29) is 6.54 Å². The van der Waals surface area contributed by atoms with Crippen LogP contribution in [0, 0.1) is 0 Å². The molecular formula is C17H36NO3+. The maximum atomic E-state index is 10.7. The van der Waals surface area contributed by atoms with Crippen LogP contribution < -0.4 is 0 Å². The van der Waals surface area contributed by atoms with Crippen LogP contribution in [0.5, 0.6) is 0 Å².